The summed E-state index contributed by atoms with van der Waals surface area (Å²) in [5.41, 5.74) is 5.17. The summed E-state index contributed by atoms with van der Waals surface area (Å²) in [4.78, 5) is 28.2. The van der Waals surface area contributed by atoms with Crippen molar-refractivity contribution in [2.45, 2.75) is 57.8 Å². The number of pyridine rings is 1. The van der Waals surface area contributed by atoms with Crippen LogP contribution in [0.5, 0.6) is 0 Å². The lowest BCUT2D eigenvalue weighted by Gasteiger charge is -2.39. The molecule has 6 heteroatoms. The van der Waals surface area contributed by atoms with Crippen LogP contribution < -0.4 is 0 Å². The van der Waals surface area contributed by atoms with E-state index in [9.17, 15) is 9.59 Å². The zero-order chi connectivity index (χ0) is 28.9. The maximum atomic E-state index is 12.2. The van der Waals surface area contributed by atoms with Crippen LogP contribution in [0.1, 0.15) is 66.0 Å². The number of fused-ring (bicyclic) bond motifs is 1. The van der Waals surface area contributed by atoms with Gasteiger partial charge in [-0.3, -0.25) is 9.59 Å². The van der Waals surface area contributed by atoms with Gasteiger partial charge in [0, 0.05) is 16.0 Å². The average Bonchev–Trinajstić information content (AvgIpc) is 2.93. The second-order valence-corrected chi connectivity index (χ2v) is 16.8. The molecule has 1 aromatic heterocycles. The number of nitrogens with zero attached hydrogens (tertiary/aromatic N) is 1. The SMILES string of the molecule is CC(C)(C)[Si](C)(C)O[C@@H](CCc1ccccc1C(=O)C=O)c1cccc(C=Cc2ccc3ccc(Cl)cc3n2)c1. The second-order valence-electron chi connectivity index (χ2n) is 11.6. The van der Waals surface area contributed by atoms with Gasteiger partial charge in [0.25, 0.3) is 0 Å². The smallest absolute Gasteiger partial charge is 0.225 e. The van der Waals surface area contributed by atoms with Gasteiger partial charge in [-0.25, -0.2) is 4.98 Å². The Hall–Kier alpha value is -3.38. The summed E-state index contributed by atoms with van der Waals surface area (Å²) in [6, 6.07) is 25.5. The topological polar surface area (TPSA) is 56.3 Å². The molecule has 3 aromatic carbocycles. The lowest BCUT2D eigenvalue weighted by Crippen LogP contribution is -2.42. The number of carbonyl (C=O) groups excluding carboxylic acids is 2. The van der Waals surface area contributed by atoms with E-state index in [0.29, 0.717) is 29.7 Å². The predicted octanol–water partition coefficient (Wildman–Crippen LogP) is 9.14. The summed E-state index contributed by atoms with van der Waals surface area (Å²) in [6.07, 6.45) is 5.61. The van der Waals surface area contributed by atoms with Gasteiger partial charge < -0.3 is 4.43 Å². The molecule has 0 saturated carbocycles. The molecule has 0 aliphatic carbocycles. The van der Waals surface area contributed by atoms with E-state index in [2.05, 4.69) is 64.2 Å². The van der Waals surface area contributed by atoms with E-state index in [0.717, 1.165) is 33.3 Å². The zero-order valence-electron chi connectivity index (χ0n) is 23.8. The van der Waals surface area contributed by atoms with Crippen LogP contribution in [-0.2, 0) is 15.6 Å². The average molecular weight is 570 g/mol. The fourth-order valence-electron chi connectivity index (χ4n) is 4.40. The normalized spacial score (nSPS) is 13.1. The number of aromatic nitrogens is 1. The van der Waals surface area contributed by atoms with Crippen molar-refractivity contribution in [2.24, 2.45) is 0 Å². The van der Waals surface area contributed by atoms with Crippen molar-refractivity contribution in [3.63, 3.8) is 0 Å². The molecule has 4 rings (SSSR count). The number of benzene rings is 3. The number of rotatable bonds is 10. The van der Waals surface area contributed by atoms with Crippen molar-refractivity contribution in [1.29, 1.82) is 0 Å². The Labute approximate surface area is 243 Å². The molecule has 1 heterocycles. The predicted molar refractivity (Wildman–Crippen MR) is 168 cm³/mol. The number of hydrogen-bond acceptors (Lipinski definition) is 4. The van der Waals surface area contributed by atoms with Crippen LogP contribution in [0.3, 0.4) is 0 Å². The molecule has 0 aliphatic heterocycles. The monoisotopic (exact) mass is 569 g/mol. The van der Waals surface area contributed by atoms with Gasteiger partial charge in [0.05, 0.1) is 17.3 Å². The van der Waals surface area contributed by atoms with Gasteiger partial charge in [-0.15, -0.1) is 0 Å². The Bertz CT molecular complexity index is 1550. The summed E-state index contributed by atoms with van der Waals surface area (Å²) >= 11 is 6.16. The molecule has 0 unspecified atom stereocenters. The lowest BCUT2D eigenvalue weighted by molar-refractivity contribution is -0.104. The summed E-state index contributed by atoms with van der Waals surface area (Å²) in [7, 11) is -2.11. The molecule has 4 nitrogen and oxygen atoms in total. The molecule has 206 valence electrons. The van der Waals surface area contributed by atoms with E-state index < -0.39 is 14.1 Å². The molecule has 4 aromatic rings. The summed E-state index contributed by atoms with van der Waals surface area (Å²) in [6.45, 7) is 11.2. The zero-order valence-corrected chi connectivity index (χ0v) is 25.5. The quantitative estimate of drug-likeness (QED) is 0.0826. The fourth-order valence-corrected chi connectivity index (χ4v) is 5.88. The third-order valence-electron chi connectivity index (χ3n) is 7.71. The maximum Gasteiger partial charge on any atom is 0.225 e. The molecule has 0 aliphatic rings. The minimum absolute atomic E-state index is 0.0405. The number of Topliss-reactive ketones (excluding diaryl/α,β-unsaturated/α-hetero) is 1. The van der Waals surface area contributed by atoms with Gasteiger partial charge in [-0.2, -0.15) is 0 Å². The van der Waals surface area contributed by atoms with Gasteiger partial charge in [-0.05, 0) is 78.0 Å². The highest BCUT2D eigenvalue weighted by atomic mass is 35.5. The second kappa shape index (κ2) is 12.4. The number of halogens is 1. The van der Waals surface area contributed by atoms with Gasteiger partial charge in [0.2, 0.25) is 5.78 Å². The third-order valence-corrected chi connectivity index (χ3v) is 12.4. The number of carbonyl (C=O) groups is 2. The van der Waals surface area contributed by atoms with Gasteiger partial charge >= 0.3 is 0 Å². The highest BCUT2D eigenvalue weighted by molar-refractivity contribution is 6.74. The minimum atomic E-state index is -2.11. The van der Waals surface area contributed by atoms with E-state index >= 15 is 0 Å². The third kappa shape index (κ3) is 7.22. The highest BCUT2D eigenvalue weighted by Crippen LogP contribution is 2.41. The molecule has 0 fully saturated rings. The molecule has 0 bridgehead atoms. The maximum absolute atomic E-state index is 12.2. The van der Waals surface area contributed by atoms with Crippen molar-refractivity contribution >= 4 is 55.0 Å². The Balaban J connectivity index is 1.62. The van der Waals surface area contributed by atoms with Crippen LogP contribution >= 0.6 is 11.6 Å². The first-order valence-electron chi connectivity index (χ1n) is 13.6. The molecule has 0 amide bonds. The molecule has 1 atom stereocenters. The first-order valence-corrected chi connectivity index (χ1v) is 16.8. The van der Waals surface area contributed by atoms with Crippen LogP contribution in [0.2, 0.25) is 23.2 Å². The van der Waals surface area contributed by atoms with Crippen molar-refractivity contribution < 1.29 is 14.0 Å². The standard InChI is InChI=1S/C34H36ClNO3Si/c1-34(2,3)40(4,5)39-33(20-16-25-10-6-7-12-30(25)32(38)23-37)27-11-8-9-24(21-27)13-18-29-19-15-26-14-17-28(35)22-31(26)36-29/h6-15,17-19,21-23,33H,16,20H2,1-5H3/t33-/m0/s1. The summed E-state index contributed by atoms with van der Waals surface area (Å²) in [5, 5.41) is 1.75. The largest absolute Gasteiger partial charge is 0.410 e. The van der Waals surface area contributed by atoms with Crippen molar-refractivity contribution in [2.75, 3.05) is 0 Å². The number of hydrogen-bond donors (Lipinski definition) is 0. The molecule has 0 saturated heterocycles. The van der Waals surface area contributed by atoms with E-state index in [1.165, 1.54) is 0 Å². The first-order chi connectivity index (χ1) is 19.0. The molecule has 0 radical (unpaired) electrons. The first kappa shape index (κ1) is 29.6. The number of aldehydes is 1. The van der Waals surface area contributed by atoms with Crippen molar-refractivity contribution in [3.05, 3.63) is 112 Å². The Morgan fingerprint density at radius 2 is 1.73 bits per heavy atom. The van der Waals surface area contributed by atoms with Crippen LogP contribution in [0, 0.1) is 0 Å². The Morgan fingerprint density at radius 3 is 2.48 bits per heavy atom. The minimum Gasteiger partial charge on any atom is -0.410 e. The molecular formula is C34H36ClNO3Si. The van der Waals surface area contributed by atoms with E-state index in [1.54, 1.807) is 12.1 Å². The van der Waals surface area contributed by atoms with Gasteiger partial charge in [-0.1, -0.05) is 93.0 Å². The molecule has 0 spiro atoms. The summed E-state index contributed by atoms with van der Waals surface area (Å²) in [5.74, 6) is -0.492. The van der Waals surface area contributed by atoms with Crippen LogP contribution in [-0.4, -0.2) is 25.4 Å². The van der Waals surface area contributed by atoms with E-state index in [1.807, 2.05) is 48.5 Å². The van der Waals surface area contributed by atoms with Crippen LogP contribution in [0.4, 0.5) is 0 Å². The molecule has 0 N–H and O–H groups in total. The van der Waals surface area contributed by atoms with Crippen LogP contribution in [0.15, 0.2) is 78.9 Å². The van der Waals surface area contributed by atoms with Crippen LogP contribution in [0.25, 0.3) is 23.1 Å². The lowest BCUT2D eigenvalue weighted by atomic mass is 9.96. The van der Waals surface area contributed by atoms with Crippen molar-refractivity contribution in [3.8, 4) is 0 Å². The fraction of sp³-hybridized carbons (Fsp3) is 0.265. The van der Waals surface area contributed by atoms with Gasteiger partial charge in [0.1, 0.15) is 0 Å². The van der Waals surface area contributed by atoms with E-state index in [-0.39, 0.29) is 11.1 Å². The number of ketones is 1. The summed E-state index contributed by atoms with van der Waals surface area (Å²) < 4.78 is 6.95. The Morgan fingerprint density at radius 1 is 0.975 bits per heavy atom. The van der Waals surface area contributed by atoms with Gasteiger partial charge in [0.15, 0.2) is 14.6 Å². The van der Waals surface area contributed by atoms with E-state index in [4.69, 9.17) is 21.0 Å². The Kier molecular flexibility index (Phi) is 9.19. The molecular weight excluding hydrogens is 534 g/mol. The molecule has 40 heavy (non-hydrogen) atoms. The van der Waals surface area contributed by atoms with Crippen molar-refractivity contribution in [1.82, 2.24) is 4.98 Å². The highest BCUT2D eigenvalue weighted by Gasteiger charge is 2.39. The number of aryl methyl sites for hydroxylation is 1.